The molecular formula is C23H28F3N3O3S. The number of hydrogen-bond acceptors (Lipinski definition) is 5. The fraction of sp³-hybridized carbons (Fsp3) is 0.478. The van der Waals surface area contributed by atoms with Crippen molar-refractivity contribution in [2.75, 3.05) is 29.1 Å². The molecule has 0 saturated carbocycles. The fourth-order valence-electron chi connectivity index (χ4n) is 3.81. The minimum atomic E-state index is -4.65. The highest BCUT2D eigenvalue weighted by atomic mass is 32.2. The van der Waals surface area contributed by atoms with E-state index in [4.69, 9.17) is 0 Å². The molecule has 10 heteroatoms. The third-order valence-corrected chi connectivity index (χ3v) is 7.43. The maximum Gasteiger partial charge on any atom is 0.417 e. The molecule has 2 heterocycles. The Labute approximate surface area is 192 Å². The summed E-state index contributed by atoms with van der Waals surface area (Å²) in [7, 11) is -3.56. The number of amides is 1. The van der Waals surface area contributed by atoms with Crippen LogP contribution in [0.25, 0.3) is 0 Å². The lowest BCUT2D eigenvalue weighted by Crippen LogP contribution is -2.29. The number of alkyl halides is 3. The van der Waals surface area contributed by atoms with E-state index in [1.165, 1.54) is 24.3 Å². The van der Waals surface area contributed by atoms with Gasteiger partial charge < -0.3 is 10.2 Å². The number of carbonyl (C=O) groups is 1. The predicted octanol–water partition coefficient (Wildman–Crippen LogP) is 5.16. The SMILES string of the molecule is CC(C)CS(=O)(=O)c1cccc(NC(=O)c2cc(C(F)(F)F)cnc2N2CCCCCC2)c1. The summed E-state index contributed by atoms with van der Waals surface area (Å²) >= 11 is 0. The average molecular weight is 484 g/mol. The topological polar surface area (TPSA) is 79.4 Å². The number of aromatic nitrogens is 1. The van der Waals surface area contributed by atoms with Gasteiger partial charge in [0.05, 0.1) is 21.8 Å². The summed E-state index contributed by atoms with van der Waals surface area (Å²) in [4.78, 5) is 19.0. The van der Waals surface area contributed by atoms with E-state index in [1.54, 1.807) is 13.8 Å². The van der Waals surface area contributed by atoms with Crippen LogP contribution in [-0.4, -0.2) is 38.2 Å². The normalized spacial score (nSPS) is 15.4. The van der Waals surface area contributed by atoms with Gasteiger partial charge in [-0.05, 0) is 43.0 Å². The summed E-state index contributed by atoms with van der Waals surface area (Å²) < 4.78 is 65.1. The van der Waals surface area contributed by atoms with Crippen LogP contribution in [0.5, 0.6) is 0 Å². The van der Waals surface area contributed by atoms with Crippen LogP contribution >= 0.6 is 0 Å². The van der Waals surface area contributed by atoms with E-state index < -0.39 is 27.5 Å². The first-order chi connectivity index (χ1) is 15.5. The van der Waals surface area contributed by atoms with Crippen molar-refractivity contribution in [2.24, 2.45) is 5.92 Å². The molecule has 1 amide bonds. The van der Waals surface area contributed by atoms with Crippen molar-refractivity contribution in [3.8, 4) is 0 Å². The van der Waals surface area contributed by atoms with E-state index in [1.807, 2.05) is 4.90 Å². The Bertz CT molecular complexity index is 1090. The second-order valence-electron chi connectivity index (χ2n) is 8.65. The Kier molecular flexibility index (Phi) is 7.66. The van der Waals surface area contributed by atoms with Crippen LogP contribution in [0.3, 0.4) is 0 Å². The third-order valence-electron chi connectivity index (χ3n) is 5.35. The molecule has 6 nitrogen and oxygen atoms in total. The summed E-state index contributed by atoms with van der Waals surface area (Å²) in [6.07, 6.45) is -0.161. The molecule has 1 saturated heterocycles. The zero-order chi connectivity index (χ0) is 24.2. The Balaban J connectivity index is 1.95. The van der Waals surface area contributed by atoms with Gasteiger partial charge in [0.15, 0.2) is 9.84 Å². The van der Waals surface area contributed by atoms with Gasteiger partial charge >= 0.3 is 6.18 Å². The summed E-state index contributed by atoms with van der Waals surface area (Å²) in [5, 5.41) is 2.56. The van der Waals surface area contributed by atoms with Gasteiger partial charge in [0, 0.05) is 25.0 Å². The molecule has 1 aliphatic rings. The number of rotatable bonds is 6. The molecule has 0 bridgehead atoms. The predicted molar refractivity (Wildman–Crippen MR) is 121 cm³/mol. The number of halogens is 3. The van der Waals surface area contributed by atoms with E-state index in [0.29, 0.717) is 13.1 Å². The van der Waals surface area contributed by atoms with E-state index in [2.05, 4.69) is 10.3 Å². The lowest BCUT2D eigenvalue weighted by Gasteiger charge is -2.24. The third kappa shape index (κ3) is 6.46. The number of nitrogens with zero attached hydrogens (tertiary/aromatic N) is 2. The van der Waals surface area contributed by atoms with Crippen molar-refractivity contribution in [1.29, 1.82) is 0 Å². The first-order valence-corrected chi connectivity index (χ1v) is 12.6. The molecule has 180 valence electrons. The van der Waals surface area contributed by atoms with Gasteiger partial charge in [-0.2, -0.15) is 13.2 Å². The molecule has 2 aromatic rings. The zero-order valence-corrected chi connectivity index (χ0v) is 19.5. The number of benzene rings is 1. The Morgan fingerprint density at radius 2 is 1.79 bits per heavy atom. The number of hydrogen-bond donors (Lipinski definition) is 1. The van der Waals surface area contributed by atoms with Crippen molar-refractivity contribution in [1.82, 2.24) is 4.98 Å². The van der Waals surface area contributed by atoms with Crippen LogP contribution in [0.15, 0.2) is 41.4 Å². The van der Waals surface area contributed by atoms with Crippen molar-refractivity contribution in [3.63, 3.8) is 0 Å². The molecule has 0 radical (unpaired) electrons. The highest BCUT2D eigenvalue weighted by molar-refractivity contribution is 7.91. The van der Waals surface area contributed by atoms with Crippen LogP contribution in [0.1, 0.15) is 55.5 Å². The Morgan fingerprint density at radius 3 is 2.39 bits per heavy atom. The molecule has 3 rings (SSSR count). The van der Waals surface area contributed by atoms with Gasteiger partial charge in [0.25, 0.3) is 5.91 Å². The minimum absolute atomic E-state index is 0.0453. The zero-order valence-electron chi connectivity index (χ0n) is 18.7. The quantitative estimate of drug-likeness (QED) is 0.614. The number of anilines is 2. The molecule has 0 atom stereocenters. The molecule has 0 unspecified atom stereocenters. The van der Waals surface area contributed by atoms with Crippen molar-refractivity contribution in [3.05, 3.63) is 47.7 Å². The van der Waals surface area contributed by atoms with Gasteiger partial charge in [-0.1, -0.05) is 32.8 Å². The summed E-state index contributed by atoms with van der Waals surface area (Å²) in [6.45, 7) is 4.77. The van der Waals surface area contributed by atoms with Crippen molar-refractivity contribution >= 4 is 27.2 Å². The van der Waals surface area contributed by atoms with Crippen LogP contribution in [0.2, 0.25) is 0 Å². The number of pyridine rings is 1. The minimum Gasteiger partial charge on any atom is -0.356 e. The standard InChI is InChI=1S/C23H28F3N3O3S/c1-16(2)15-33(31,32)19-9-7-8-18(13-19)28-22(30)20-12-17(23(24,25)26)14-27-21(20)29-10-5-3-4-6-11-29/h7-9,12-14,16H,3-6,10-11,15H2,1-2H3,(H,28,30). The maximum atomic E-state index is 13.3. The first kappa shape index (κ1) is 25.0. The van der Waals surface area contributed by atoms with Crippen molar-refractivity contribution < 1.29 is 26.4 Å². The first-order valence-electron chi connectivity index (χ1n) is 10.9. The monoisotopic (exact) mass is 483 g/mol. The lowest BCUT2D eigenvalue weighted by molar-refractivity contribution is -0.137. The smallest absolute Gasteiger partial charge is 0.356 e. The van der Waals surface area contributed by atoms with Crippen LogP contribution < -0.4 is 10.2 Å². The van der Waals surface area contributed by atoms with Gasteiger partial charge in [0.2, 0.25) is 0 Å². The van der Waals surface area contributed by atoms with E-state index in [9.17, 15) is 26.4 Å². The fourth-order valence-corrected chi connectivity index (χ4v) is 5.48. The molecule has 1 aromatic heterocycles. The van der Waals surface area contributed by atoms with Crippen LogP contribution in [-0.2, 0) is 16.0 Å². The Morgan fingerprint density at radius 1 is 1.12 bits per heavy atom. The van der Waals surface area contributed by atoms with E-state index in [0.717, 1.165) is 37.9 Å². The molecule has 1 N–H and O–H groups in total. The van der Waals surface area contributed by atoms with Gasteiger partial charge in [0.1, 0.15) is 5.82 Å². The van der Waals surface area contributed by atoms with E-state index in [-0.39, 0.29) is 33.6 Å². The molecule has 1 aliphatic heterocycles. The number of sulfone groups is 1. The maximum absolute atomic E-state index is 13.3. The second kappa shape index (κ2) is 10.1. The lowest BCUT2D eigenvalue weighted by atomic mass is 10.1. The van der Waals surface area contributed by atoms with Crippen molar-refractivity contribution in [2.45, 2.75) is 50.6 Å². The summed E-state index contributed by atoms with van der Waals surface area (Å²) in [5.74, 6) is -0.709. The molecule has 1 fully saturated rings. The highest BCUT2D eigenvalue weighted by Gasteiger charge is 2.33. The number of nitrogens with one attached hydrogen (secondary N) is 1. The molecule has 0 spiro atoms. The summed E-state index contributed by atoms with van der Waals surface area (Å²) in [6, 6.07) is 6.55. The second-order valence-corrected chi connectivity index (χ2v) is 10.7. The molecule has 33 heavy (non-hydrogen) atoms. The van der Waals surface area contributed by atoms with Gasteiger partial charge in [-0.25, -0.2) is 13.4 Å². The largest absolute Gasteiger partial charge is 0.417 e. The Hall–Kier alpha value is -2.62. The summed E-state index contributed by atoms with van der Waals surface area (Å²) in [5.41, 5.74) is -1.02. The van der Waals surface area contributed by atoms with Crippen LogP contribution in [0.4, 0.5) is 24.7 Å². The van der Waals surface area contributed by atoms with E-state index >= 15 is 0 Å². The molecule has 1 aromatic carbocycles. The van der Waals surface area contributed by atoms with Gasteiger partial charge in [-0.15, -0.1) is 0 Å². The molecule has 0 aliphatic carbocycles. The van der Waals surface area contributed by atoms with Crippen LogP contribution in [0, 0.1) is 5.92 Å². The molecular weight excluding hydrogens is 455 g/mol. The number of carbonyl (C=O) groups excluding carboxylic acids is 1. The highest BCUT2D eigenvalue weighted by Crippen LogP contribution is 2.32. The van der Waals surface area contributed by atoms with Gasteiger partial charge in [-0.3, -0.25) is 4.79 Å². The average Bonchev–Trinajstić information content (AvgIpc) is 3.01.